The molecule has 0 aromatic heterocycles. The summed E-state index contributed by atoms with van der Waals surface area (Å²) in [6.45, 7) is 12.6. The molecule has 0 aliphatic carbocycles. The van der Waals surface area contributed by atoms with Gasteiger partial charge in [-0.3, -0.25) is 9.59 Å². The van der Waals surface area contributed by atoms with Gasteiger partial charge in [0.2, 0.25) is 11.8 Å². The van der Waals surface area contributed by atoms with Gasteiger partial charge in [0.1, 0.15) is 6.04 Å². The van der Waals surface area contributed by atoms with Crippen LogP contribution >= 0.6 is 0 Å². The van der Waals surface area contributed by atoms with Gasteiger partial charge < -0.3 is 10.2 Å². The Morgan fingerprint density at radius 1 is 0.935 bits per heavy atom. The predicted octanol–water partition coefficient (Wildman–Crippen LogP) is 5.46. The van der Waals surface area contributed by atoms with Crippen LogP contribution in [-0.4, -0.2) is 28.3 Å². The highest BCUT2D eigenvalue weighted by atomic mass is 16.2. The summed E-state index contributed by atoms with van der Waals surface area (Å²) in [5.74, 6) is 0.400. The first-order valence-corrected chi connectivity index (χ1v) is 11.3. The molecule has 0 radical (unpaired) electrons. The Kier molecular flexibility index (Phi) is 8.85. The average Bonchev–Trinajstić information content (AvgIpc) is 2.71. The van der Waals surface area contributed by atoms with Crippen molar-refractivity contribution in [3.05, 3.63) is 71.3 Å². The van der Waals surface area contributed by atoms with Gasteiger partial charge in [0.15, 0.2) is 0 Å². The minimum Gasteiger partial charge on any atom is -0.350 e. The van der Waals surface area contributed by atoms with E-state index >= 15 is 0 Å². The maximum Gasteiger partial charge on any atom is 0.243 e. The quantitative estimate of drug-likeness (QED) is 0.583. The van der Waals surface area contributed by atoms with E-state index in [1.807, 2.05) is 58.0 Å². The molecule has 0 saturated carbocycles. The van der Waals surface area contributed by atoms with Gasteiger partial charge in [-0.2, -0.15) is 0 Å². The van der Waals surface area contributed by atoms with E-state index in [4.69, 9.17) is 0 Å². The van der Waals surface area contributed by atoms with Gasteiger partial charge in [0.05, 0.1) is 0 Å². The highest BCUT2D eigenvalue weighted by Crippen LogP contribution is 2.18. The molecule has 2 aromatic carbocycles. The second kappa shape index (κ2) is 11.1. The molecule has 0 fully saturated rings. The summed E-state index contributed by atoms with van der Waals surface area (Å²) in [4.78, 5) is 28.1. The van der Waals surface area contributed by atoms with E-state index in [1.165, 1.54) is 5.56 Å². The van der Waals surface area contributed by atoms with E-state index in [0.29, 0.717) is 31.7 Å². The lowest BCUT2D eigenvalue weighted by atomic mass is 10.00. The topological polar surface area (TPSA) is 49.4 Å². The molecule has 0 unspecified atom stereocenters. The van der Waals surface area contributed by atoms with Crippen LogP contribution in [0.2, 0.25) is 0 Å². The molecule has 0 aliphatic heterocycles. The smallest absolute Gasteiger partial charge is 0.243 e. The highest BCUT2D eigenvalue weighted by molar-refractivity contribution is 5.88. The molecule has 2 rings (SSSR count). The molecule has 0 aliphatic rings. The van der Waals surface area contributed by atoms with Crippen molar-refractivity contribution < 1.29 is 9.59 Å². The van der Waals surface area contributed by atoms with Gasteiger partial charge in [-0.05, 0) is 56.2 Å². The molecule has 0 heterocycles. The zero-order valence-corrected chi connectivity index (χ0v) is 19.9. The number of nitrogens with zero attached hydrogens (tertiary/aromatic N) is 1. The molecule has 0 bridgehead atoms. The molecule has 2 amide bonds. The van der Waals surface area contributed by atoms with Crippen molar-refractivity contribution in [3.8, 4) is 0 Å². The van der Waals surface area contributed by atoms with Gasteiger partial charge >= 0.3 is 0 Å². The average molecular weight is 423 g/mol. The lowest BCUT2D eigenvalue weighted by molar-refractivity contribution is -0.142. The molecule has 0 saturated heterocycles. The van der Waals surface area contributed by atoms with Crippen molar-refractivity contribution >= 4 is 11.8 Å². The first kappa shape index (κ1) is 24.6. The third-order valence-electron chi connectivity index (χ3n) is 5.35. The molecular weight excluding hydrogens is 384 g/mol. The van der Waals surface area contributed by atoms with Crippen molar-refractivity contribution in [2.45, 2.75) is 84.8 Å². The van der Waals surface area contributed by atoms with Gasteiger partial charge in [0, 0.05) is 18.5 Å². The Balaban J connectivity index is 2.17. The van der Waals surface area contributed by atoms with Crippen molar-refractivity contribution in [1.29, 1.82) is 0 Å². The molecule has 4 heteroatoms. The summed E-state index contributed by atoms with van der Waals surface area (Å²) in [5.41, 5.74) is 3.12. The van der Waals surface area contributed by atoms with Crippen LogP contribution in [0.4, 0.5) is 0 Å². The predicted molar refractivity (Wildman–Crippen MR) is 128 cm³/mol. The summed E-state index contributed by atoms with van der Waals surface area (Å²) in [5, 5.41) is 3.05. The number of hydrogen-bond donors (Lipinski definition) is 1. The summed E-state index contributed by atoms with van der Waals surface area (Å²) in [6.07, 6.45) is 1.62. The standard InChI is InChI=1S/C27H38N2O2/c1-7-24(26(31)28-27(4,5)6)29(19-22-11-9-8-10-12-22)25(30)18-15-21-13-16-23(17-14-21)20(2)3/h8-14,16-17,20,24H,7,15,18-19H2,1-6H3,(H,28,31)/t24-/m0/s1. The van der Waals surface area contributed by atoms with Crippen molar-refractivity contribution in [1.82, 2.24) is 10.2 Å². The van der Waals surface area contributed by atoms with Crippen LogP contribution < -0.4 is 5.32 Å². The summed E-state index contributed by atoms with van der Waals surface area (Å²) in [7, 11) is 0. The summed E-state index contributed by atoms with van der Waals surface area (Å²) < 4.78 is 0. The van der Waals surface area contributed by atoms with E-state index in [0.717, 1.165) is 11.1 Å². The fourth-order valence-corrected chi connectivity index (χ4v) is 3.62. The number of carbonyl (C=O) groups excluding carboxylic acids is 2. The molecule has 1 atom stereocenters. The van der Waals surface area contributed by atoms with E-state index in [2.05, 4.69) is 43.4 Å². The van der Waals surface area contributed by atoms with E-state index < -0.39 is 6.04 Å². The molecule has 0 spiro atoms. The Morgan fingerprint density at radius 3 is 2.06 bits per heavy atom. The Bertz CT molecular complexity index is 836. The second-order valence-corrected chi connectivity index (χ2v) is 9.57. The van der Waals surface area contributed by atoms with Gasteiger partial charge in [-0.25, -0.2) is 0 Å². The number of carbonyl (C=O) groups is 2. The minimum absolute atomic E-state index is 0.00713. The van der Waals surface area contributed by atoms with Gasteiger partial charge in [-0.15, -0.1) is 0 Å². The van der Waals surface area contributed by atoms with E-state index in [-0.39, 0.29) is 17.4 Å². The normalized spacial score (nSPS) is 12.5. The van der Waals surface area contributed by atoms with Crippen LogP contribution in [0.1, 0.15) is 77.0 Å². The maximum absolute atomic E-state index is 13.3. The number of hydrogen-bond acceptors (Lipinski definition) is 2. The molecule has 4 nitrogen and oxygen atoms in total. The Hall–Kier alpha value is -2.62. The number of amides is 2. The minimum atomic E-state index is -0.491. The number of benzene rings is 2. The second-order valence-electron chi connectivity index (χ2n) is 9.57. The Labute approximate surface area is 188 Å². The lowest BCUT2D eigenvalue weighted by Gasteiger charge is -2.33. The highest BCUT2D eigenvalue weighted by Gasteiger charge is 2.30. The van der Waals surface area contributed by atoms with Crippen LogP contribution in [0.3, 0.4) is 0 Å². The third-order valence-corrected chi connectivity index (χ3v) is 5.35. The number of aryl methyl sites for hydroxylation is 1. The first-order chi connectivity index (χ1) is 14.6. The molecule has 2 aromatic rings. The molecule has 31 heavy (non-hydrogen) atoms. The van der Waals surface area contributed by atoms with E-state index in [9.17, 15) is 9.59 Å². The molecule has 1 N–H and O–H groups in total. The number of rotatable bonds is 9. The van der Waals surface area contributed by atoms with Crippen LogP contribution in [0, 0.1) is 0 Å². The first-order valence-electron chi connectivity index (χ1n) is 11.3. The third kappa shape index (κ3) is 7.86. The fraction of sp³-hybridized carbons (Fsp3) is 0.481. The summed E-state index contributed by atoms with van der Waals surface area (Å²) >= 11 is 0. The summed E-state index contributed by atoms with van der Waals surface area (Å²) in [6, 6.07) is 17.9. The van der Waals surface area contributed by atoms with Crippen LogP contribution in [0.15, 0.2) is 54.6 Å². The maximum atomic E-state index is 13.3. The zero-order valence-electron chi connectivity index (χ0n) is 19.9. The Morgan fingerprint density at radius 2 is 1.55 bits per heavy atom. The van der Waals surface area contributed by atoms with Gasteiger partial charge in [-0.1, -0.05) is 75.4 Å². The van der Waals surface area contributed by atoms with Crippen molar-refractivity contribution in [2.75, 3.05) is 0 Å². The van der Waals surface area contributed by atoms with Gasteiger partial charge in [0.25, 0.3) is 0 Å². The molecular formula is C27H38N2O2. The van der Waals surface area contributed by atoms with Crippen LogP contribution in [0.5, 0.6) is 0 Å². The van der Waals surface area contributed by atoms with Crippen LogP contribution in [-0.2, 0) is 22.6 Å². The van der Waals surface area contributed by atoms with Crippen LogP contribution in [0.25, 0.3) is 0 Å². The monoisotopic (exact) mass is 422 g/mol. The number of nitrogens with one attached hydrogen (secondary N) is 1. The zero-order chi connectivity index (χ0) is 23.0. The largest absolute Gasteiger partial charge is 0.350 e. The fourth-order valence-electron chi connectivity index (χ4n) is 3.62. The van der Waals surface area contributed by atoms with E-state index in [1.54, 1.807) is 4.90 Å². The SMILES string of the molecule is CC[C@@H](C(=O)NC(C)(C)C)N(Cc1ccccc1)C(=O)CCc1ccc(C(C)C)cc1. The molecule has 168 valence electrons. The van der Waals surface area contributed by atoms with Crippen molar-refractivity contribution in [2.24, 2.45) is 0 Å². The lowest BCUT2D eigenvalue weighted by Crippen LogP contribution is -2.53. The van der Waals surface area contributed by atoms with Crippen molar-refractivity contribution in [3.63, 3.8) is 0 Å².